The van der Waals surface area contributed by atoms with Crippen LogP contribution in [0.4, 0.5) is 0 Å². The van der Waals surface area contributed by atoms with Gasteiger partial charge >= 0.3 is 0 Å². The molecule has 2 aliphatic carbocycles. The van der Waals surface area contributed by atoms with E-state index < -0.39 is 0 Å². The smallest absolute Gasteiger partial charge is 0.0498 e. The summed E-state index contributed by atoms with van der Waals surface area (Å²) < 4.78 is 2.32. The number of rotatable bonds is 7. The standard InChI is InChI=1S/C21H23BrN2.C20H21BrN2.2ClH/c1-24(13-12-15-6-3-2-4-7-15)20-9-5-8-17-18-14-16(22)10-11-19(18)23-21(17)20;1-13(14-6-3-2-4-7-14)22-19-9-5-8-16-17-12-15(21)10-11-18(17)23-20(16)19;;/h2-4,6-7,10-11,14,20,23H,5,8-9,12-13H2,1H3;2-4,6-7,10-13,19,22-23H,5,8-9H2,1H3;2*1H/t;13-,19+;;/m.0../s1. The summed E-state index contributed by atoms with van der Waals surface area (Å²) in [5.74, 6) is 0. The predicted octanol–water partition coefficient (Wildman–Crippen LogP) is 12.0. The van der Waals surface area contributed by atoms with Gasteiger partial charge in [-0.2, -0.15) is 0 Å². The van der Waals surface area contributed by atoms with E-state index in [1.807, 2.05) is 0 Å². The van der Waals surface area contributed by atoms with Gasteiger partial charge in [0.2, 0.25) is 0 Å². The highest BCUT2D eigenvalue weighted by molar-refractivity contribution is 9.10. The Kier molecular flexibility index (Phi) is 13.1. The molecule has 0 saturated carbocycles. The van der Waals surface area contributed by atoms with Gasteiger partial charge in [0.1, 0.15) is 0 Å². The second-order valence-corrected chi connectivity index (χ2v) is 15.1. The van der Waals surface area contributed by atoms with E-state index in [-0.39, 0.29) is 24.8 Å². The Morgan fingerprint density at radius 3 is 1.92 bits per heavy atom. The van der Waals surface area contributed by atoms with Gasteiger partial charge in [0.05, 0.1) is 0 Å². The lowest BCUT2D eigenvalue weighted by atomic mass is 9.91. The normalized spacial score (nSPS) is 17.3. The van der Waals surface area contributed by atoms with Gasteiger partial charge in [0.25, 0.3) is 0 Å². The van der Waals surface area contributed by atoms with Gasteiger partial charge in [-0.25, -0.2) is 0 Å². The molecule has 0 radical (unpaired) electrons. The molecule has 4 aromatic carbocycles. The Morgan fingerprint density at radius 1 is 0.735 bits per heavy atom. The lowest BCUT2D eigenvalue weighted by Crippen LogP contribution is -2.29. The maximum atomic E-state index is 3.82. The maximum Gasteiger partial charge on any atom is 0.0498 e. The van der Waals surface area contributed by atoms with Gasteiger partial charge in [-0.15, -0.1) is 24.8 Å². The molecule has 0 spiro atoms. The number of fused-ring (bicyclic) bond motifs is 6. The molecule has 49 heavy (non-hydrogen) atoms. The second kappa shape index (κ2) is 17.1. The quantitative estimate of drug-likeness (QED) is 0.150. The van der Waals surface area contributed by atoms with Crippen LogP contribution in [0.2, 0.25) is 0 Å². The van der Waals surface area contributed by atoms with Crippen LogP contribution in [0.3, 0.4) is 0 Å². The maximum absolute atomic E-state index is 3.82. The Hall–Kier alpha value is -2.58. The number of hydrogen-bond donors (Lipinski definition) is 3. The van der Waals surface area contributed by atoms with Crippen LogP contribution in [0, 0.1) is 0 Å². The molecule has 0 saturated heterocycles. The Balaban J connectivity index is 0.000000184. The molecule has 4 nitrogen and oxygen atoms in total. The Labute approximate surface area is 319 Å². The molecular formula is C41H46Br2Cl2N4. The minimum Gasteiger partial charge on any atom is -0.357 e. The van der Waals surface area contributed by atoms with Crippen LogP contribution in [-0.2, 0) is 19.3 Å². The van der Waals surface area contributed by atoms with Crippen molar-refractivity contribution in [1.82, 2.24) is 20.2 Å². The molecule has 0 fully saturated rings. The molecule has 1 unspecified atom stereocenters. The van der Waals surface area contributed by atoms with Gasteiger partial charge in [0.15, 0.2) is 0 Å². The second-order valence-electron chi connectivity index (χ2n) is 13.3. The first-order valence-corrected chi connectivity index (χ1v) is 18.7. The summed E-state index contributed by atoms with van der Waals surface area (Å²) in [5.41, 5.74) is 11.1. The molecule has 2 aromatic heterocycles. The summed E-state index contributed by atoms with van der Waals surface area (Å²) >= 11 is 7.22. The average molecular weight is 826 g/mol. The molecule has 0 bridgehead atoms. The average Bonchev–Trinajstić information content (AvgIpc) is 3.66. The molecule has 2 aliphatic rings. The number of aromatic amines is 2. The summed E-state index contributed by atoms with van der Waals surface area (Å²) in [7, 11) is 2.27. The fourth-order valence-electron chi connectivity index (χ4n) is 7.70. The van der Waals surface area contributed by atoms with Crippen molar-refractivity contribution in [2.75, 3.05) is 13.6 Å². The summed E-state index contributed by atoms with van der Waals surface area (Å²) in [6.45, 7) is 3.34. The third kappa shape index (κ3) is 8.49. The SMILES string of the molecule is CN(CCc1ccccc1)C1CCCc2c1[nH]c1ccc(Br)cc21.C[C@H](N[C@@H]1CCCc2c1[nH]c1ccc(Br)cc21)c1ccccc1.Cl.Cl. The van der Waals surface area contributed by atoms with E-state index in [0.29, 0.717) is 18.1 Å². The van der Waals surface area contributed by atoms with E-state index in [4.69, 9.17) is 0 Å². The van der Waals surface area contributed by atoms with E-state index in [2.05, 4.69) is 163 Å². The van der Waals surface area contributed by atoms with Crippen LogP contribution in [0.15, 0.2) is 106 Å². The molecule has 8 rings (SSSR count). The highest BCUT2D eigenvalue weighted by Gasteiger charge is 2.28. The first kappa shape index (κ1) is 37.7. The first-order valence-electron chi connectivity index (χ1n) is 17.1. The van der Waals surface area contributed by atoms with Crippen molar-refractivity contribution in [3.8, 4) is 0 Å². The van der Waals surface area contributed by atoms with Crippen molar-refractivity contribution >= 4 is 78.5 Å². The third-order valence-corrected chi connectivity index (χ3v) is 11.2. The molecule has 2 heterocycles. The molecular weight excluding hydrogens is 779 g/mol. The highest BCUT2D eigenvalue weighted by atomic mass is 79.9. The minimum absolute atomic E-state index is 0. The number of hydrogen-bond acceptors (Lipinski definition) is 2. The molecule has 3 atom stereocenters. The Morgan fingerprint density at radius 2 is 1.29 bits per heavy atom. The number of nitrogens with zero attached hydrogens (tertiary/aromatic N) is 1. The fraction of sp³-hybridized carbons (Fsp3) is 0.317. The third-order valence-electron chi connectivity index (χ3n) is 10.2. The van der Waals surface area contributed by atoms with Gasteiger partial charge in [-0.3, -0.25) is 4.90 Å². The van der Waals surface area contributed by atoms with E-state index in [0.717, 1.165) is 21.9 Å². The minimum atomic E-state index is 0. The zero-order valence-corrected chi connectivity index (χ0v) is 33.0. The number of likely N-dealkylation sites (N-methyl/N-ethyl adjacent to an activating group) is 1. The van der Waals surface area contributed by atoms with Crippen molar-refractivity contribution < 1.29 is 0 Å². The van der Waals surface area contributed by atoms with Crippen molar-refractivity contribution in [2.45, 2.75) is 70.0 Å². The van der Waals surface area contributed by atoms with Crippen LogP contribution in [0.1, 0.15) is 84.4 Å². The summed E-state index contributed by atoms with van der Waals surface area (Å²) in [6, 6.07) is 35.8. The van der Waals surface area contributed by atoms with Gasteiger partial charge < -0.3 is 15.3 Å². The monoisotopic (exact) mass is 822 g/mol. The fourth-order valence-corrected chi connectivity index (χ4v) is 8.42. The molecule has 0 aliphatic heterocycles. The topological polar surface area (TPSA) is 46.9 Å². The summed E-state index contributed by atoms with van der Waals surface area (Å²) in [6.07, 6.45) is 8.41. The highest BCUT2D eigenvalue weighted by Crippen LogP contribution is 2.39. The van der Waals surface area contributed by atoms with Gasteiger partial charge in [0, 0.05) is 66.8 Å². The summed E-state index contributed by atoms with van der Waals surface area (Å²) in [5, 5.41) is 6.58. The van der Waals surface area contributed by atoms with Crippen LogP contribution < -0.4 is 5.32 Å². The van der Waals surface area contributed by atoms with Gasteiger partial charge in [-0.1, -0.05) is 92.5 Å². The number of H-pyrrole nitrogens is 2. The zero-order valence-electron chi connectivity index (χ0n) is 28.1. The Bertz CT molecular complexity index is 1960. The summed E-state index contributed by atoms with van der Waals surface area (Å²) in [4.78, 5) is 9.90. The molecule has 0 amide bonds. The number of aryl methyl sites for hydroxylation is 2. The van der Waals surface area contributed by atoms with Crippen LogP contribution in [0.25, 0.3) is 21.8 Å². The number of halogens is 4. The predicted molar refractivity (Wildman–Crippen MR) is 219 cm³/mol. The van der Waals surface area contributed by atoms with E-state index in [1.54, 1.807) is 0 Å². The van der Waals surface area contributed by atoms with Crippen molar-refractivity contribution in [1.29, 1.82) is 0 Å². The lowest BCUT2D eigenvalue weighted by Gasteiger charge is -2.31. The van der Waals surface area contributed by atoms with E-state index >= 15 is 0 Å². The van der Waals surface area contributed by atoms with Crippen LogP contribution in [0.5, 0.6) is 0 Å². The van der Waals surface area contributed by atoms with Crippen molar-refractivity contribution in [3.63, 3.8) is 0 Å². The van der Waals surface area contributed by atoms with E-state index in [9.17, 15) is 0 Å². The number of nitrogens with one attached hydrogen (secondary N) is 3. The number of aromatic nitrogens is 2. The molecule has 3 N–H and O–H groups in total. The zero-order chi connectivity index (χ0) is 32.3. The van der Waals surface area contributed by atoms with Crippen molar-refractivity contribution in [2.24, 2.45) is 0 Å². The number of benzene rings is 4. The van der Waals surface area contributed by atoms with Crippen molar-refractivity contribution in [3.05, 3.63) is 140 Å². The molecule has 258 valence electrons. The van der Waals surface area contributed by atoms with Crippen LogP contribution >= 0.6 is 56.7 Å². The lowest BCUT2D eigenvalue weighted by molar-refractivity contribution is 0.220. The molecule has 6 aromatic rings. The molecule has 8 heteroatoms. The first-order chi connectivity index (χ1) is 22.9. The largest absolute Gasteiger partial charge is 0.357 e. The van der Waals surface area contributed by atoms with Gasteiger partial charge in [-0.05, 0) is 118 Å². The van der Waals surface area contributed by atoms with Crippen LogP contribution in [-0.4, -0.2) is 28.5 Å². The van der Waals surface area contributed by atoms with E-state index in [1.165, 1.54) is 94.0 Å².